The Morgan fingerprint density at radius 2 is 2.11 bits per heavy atom. The van der Waals surface area contributed by atoms with Gasteiger partial charge in [-0.1, -0.05) is 31.1 Å². The molecule has 0 spiro atoms. The summed E-state index contributed by atoms with van der Waals surface area (Å²) in [5.41, 5.74) is 1.52. The first-order chi connectivity index (χ1) is 13.5. The Morgan fingerprint density at radius 1 is 1.32 bits per heavy atom. The highest BCUT2D eigenvalue weighted by Crippen LogP contribution is 2.32. The van der Waals surface area contributed by atoms with E-state index in [1.807, 2.05) is 48.4 Å². The molecule has 4 rings (SSSR count). The topological polar surface area (TPSA) is 81.2 Å². The Morgan fingerprint density at radius 3 is 2.86 bits per heavy atom. The minimum atomic E-state index is -0.182. The van der Waals surface area contributed by atoms with Crippen molar-refractivity contribution in [3.05, 3.63) is 58.0 Å². The fourth-order valence-corrected chi connectivity index (χ4v) is 3.83. The average Bonchev–Trinajstić information content (AvgIpc) is 3.34. The van der Waals surface area contributed by atoms with Crippen molar-refractivity contribution in [2.75, 3.05) is 6.54 Å². The van der Waals surface area contributed by atoms with E-state index < -0.39 is 0 Å². The maximum absolute atomic E-state index is 13.2. The van der Waals surface area contributed by atoms with Crippen LogP contribution >= 0.6 is 0 Å². The van der Waals surface area contributed by atoms with Crippen molar-refractivity contribution < 1.29 is 9.32 Å². The number of amides is 1. The number of benzene rings is 1. The van der Waals surface area contributed by atoms with Crippen molar-refractivity contribution in [1.82, 2.24) is 19.6 Å². The van der Waals surface area contributed by atoms with Gasteiger partial charge in [0.1, 0.15) is 12.6 Å². The van der Waals surface area contributed by atoms with Gasteiger partial charge in [0.25, 0.3) is 0 Å². The summed E-state index contributed by atoms with van der Waals surface area (Å²) in [6, 6.07) is 8.80. The molecule has 0 saturated carbocycles. The standard InChI is InChI=1S/C21H24N4O3/c1-13(2)20-22-21(28-23-20)17-9-6-10-24(17)19(27)12-25-14(3)11-18(26)15-7-4-5-8-16(15)25/h4-5,7-8,11,13,17H,6,9-10,12H2,1-3H3. The van der Waals surface area contributed by atoms with Crippen LogP contribution in [0.15, 0.2) is 39.6 Å². The first-order valence-corrected chi connectivity index (χ1v) is 9.68. The van der Waals surface area contributed by atoms with Gasteiger partial charge in [0.2, 0.25) is 11.8 Å². The first-order valence-electron chi connectivity index (χ1n) is 9.68. The molecule has 0 radical (unpaired) electrons. The highest BCUT2D eigenvalue weighted by Gasteiger charge is 2.34. The molecule has 0 N–H and O–H groups in total. The molecule has 1 aromatic carbocycles. The van der Waals surface area contributed by atoms with Crippen LogP contribution in [0.2, 0.25) is 0 Å². The van der Waals surface area contributed by atoms with E-state index in [-0.39, 0.29) is 29.8 Å². The number of aromatic nitrogens is 3. The van der Waals surface area contributed by atoms with Gasteiger partial charge in [-0.2, -0.15) is 4.98 Å². The second-order valence-electron chi connectivity index (χ2n) is 7.64. The molecule has 28 heavy (non-hydrogen) atoms. The summed E-state index contributed by atoms with van der Waals surface area (Å²) in [5.74, 6) is 1.34. The summed E-state index contributed by atoms with van der Waals surface area (Å²) in [6.07, 6.45) is 1.72. The second-order valence-corrected chi connectivity index (χ2v) is 7.64. The maximum atomic E-state index is 13.2. The van der Waals surface area contributed by atoms with Gasteiger partial charge in [-0.15, -0.1) is 0 Å². The van der Waals surface area contributed by atoms with Crippen molar-refractivity contribution in [1.29, 1.82) is 0 Å². The molecular formula is C21H24N4O3. The maximum Gasteiger partial charge on any atom is 0.249 e. The summed E-state index contributed by atoms with van der Waals surface area (Å²) < 4.78 is 7.35. The molecule has 1 fully saturated rings. The van der Waals surface area contributed by atoms with Crippen molar-refractivity contribution >= 4 is 16.8 Å². The Bertz CT molecular complexity index is 1080. The van der Waals surface area contributed by atoms with Gasteiger partial charge < -0.3 is 14.0 Å². The largest absolute Gasteiger partial charge is 0.337 e. The number of nitrogens with zero attached hydrogens (tertiary/aromatic N) is 4. The number of carbonyl (C=O) groups is 1. The fourth-order valence-electron chi connectivity index (χ4n) is 3.83. The smallest absolute Gasteiger partial charge is 0.249 e. The van der Waals surface area contributed by atoms with E-state index in [0.29, 0.717) is 23.6 Å². The zero-order valence-electron chi connectivity index (χ0n) is 16.4. The van der Waals surface area contributed by atoms with Crippen molar-refractivity contribution in [2.45, 2.75) is 52.1 Å². The third-order valence-corrected chi connectivity index (χ3v) is 5.35. The number of hydrogen-bond donors (Lipinski definition) is 0. The van der Waals surface area contributed by atoms with Crippen LogP contribution in [-0.2, 0) is 11.3 Å². The molecule has 2 aromatic heterocycles. The lowest BCUT2D eigenvalue weighted by molar-refractivity contribution is -0.133. The van der Waals surface area contributed by atoms with Crippen LogP contribution in [0.4, 0.5) is 0 Å². The number of hydrogen-bond acceptors (Lipinski definition) is 5. The Hall–Kier alpha value is -2.96. The van der Waals surface area contributed by atoms with Crippen LogP contribution in [0.3, 0.4) is 0 Å². The van der Waals surface area contributed by atoms with Gasteiger partial charge in [-0.25, -0.2) is 0 Å². The minimum Gasteiger partial charge on any atom is -0.337 e. The summed E-state index contributed by atoms with van der Waals surface area (Å²) in [6.45, 7) is 6.72. The summed E-state index contributed by atoms with van der Waals surface area (Å²) >= 11 is 0. The molecule has 1 aliphatic rings. The molecule has 1 atom stereocenters. The fraction of sp³-hybridized carbons (Fsp3) is 0.429. The van der Waals surface area contributed by atoms with Crippen molar-refractivity contribution in [3.8, 4) is 0 Å². The number of para-hydroxylation sites is 1. The number of rotatable bonds is 4. The zero-order valence-corrected chi connectivity index (χ0v) is 16.4. The van der Waals surface area contributed by atoms with Gasteiger partial charge in [0, 0.05) is 29.6 Å². The molecule has 1 unspecified atom stereocenters. The predicted molar refractivity (Wildman–Crippen MR) is 105 cm³/mol. The minimum absolute atomic E-state index is 0.0105. The molecule has 1 aliphatic heterocycles. The number of aryl methyl sites for hydroxylation is 1. The Kier molecular flexibility index (Phi) is 4.75. The Labute approximate surface area is 163 Å². The molecule has 1 amide bonds. The van der Waals surface area contributed by atoms with E-state index in [4.69, 9.17) is 4.52 Å². The third-order valence-electron chi connectivity index (χ3n) is 5.35. The predicted octanol–water partition coefficient (Wildman–Crippen LogP) is 3.18. The number of pyridine rings is 1. The van der Waals surface area contributed by atoms with Crippen LogP contribution in [0.1, 0.15) is 56.1 Å². The van der Waals surface area contributed by atoms with Gasteiger partial charge in [-0.3, -0.25) is 9.59 Å². The molecular weight excluding hydrogens is 356 g/mol. The lowest BCUT2D eigenvalue weighted by atomic mass is 10.1. The summed E-state index contributed by atoms with van der Waals surface area (Å²) in [7, 11) is 0. The molecule has 7 nitrogen and oxygen atoms in total. The molecule has 7 heteroatoms. The van der Waals surface area contributed by atoms with Gasteiger partial charge >= 0.3 is 0 Å². The molecule has 146 valence electrons. The second kappa shape index (κ2) is 7.22. The van der Waals surface area contributed by atoms with Crippen LogP contribution < -0.4 is 5.43 Å². The van der Waals surface area contributed by atoms with Crippen LogP contribution in [0.5, 0.6) is 0 Å². The number of likely N-dealkylation sites (tertiary alicyclic amines) is 1. The van der Waals surface area contributed by atoms with Gasteiger partial charge in [-0.05, 0) is 31.9 Å². The van der Waals surface area contributed by atoms with Crippen molar-refractivity contribution in [2.24, 2.45) is 0 Å². The van der Waals surface area contributed by atoms with E-state index in [2.05, 4.69) is 10.1 Å². The first kappa shape index (κ1) is 18.4. The van der Waals surface area contributed by atoms with Crippen LogP contribution in [0, 0.1) is 6.92 Å². The average molecular weight is 380 g/mol. The summed E-state index contributed by atoms with van der Waals surface area (Å²) in [4.78, 5) is 31.7. The number of fused-ring (bicyclic) bond motifs is 1. The zero-order chi connectivity index (χ0) is 19.8. The lowest BCUT2D eigenvalue weighted by Gasteiger charge is -2.24. The molecule has 3 aromatic rings. The SMILES string of the molecule is Cc1cc(=O)c2ccccc2n1CC(=O)N1CCCC1c1nc(C(C)C)no1. The number of carbonyl (C=O) groups excluding carboxylic acids is 1. The van der Waals surface area contributed by atoms with E-state index in [1.54, 1.807) is 12.1 Å². The molecule has 0 aliphatic carbocycles. The monoisotopic (exact) mass is 380 g/mol. The highest BCUT2D eigenvalue weighted by molar-refractivity contribution is 5.83. The molecule has 1 saturated heterocycles. The van der Waals surface area contributed by atoms with E-state index in [0.717, 1.165) is 24.1 Å². The quantitative estimate of drug-likeness (QED) is 0.694. The van der Waals surface area contributed by atoms with E-state index in [9.17, 15) is 9.59 Å². The highest BCUT2D eigenvalue weighted by atomic mass is 16.5. The van der Waals surface area contributed by atoms with Crippen LogP contribution in [0.25, 0.3) is 10.9 Å². The summed E-state index contributed by atoms with van der Waals surface area (Å²) in [5, 5.41) is 4.66. The Balaban J connectivity index is 1.63. The van der Waals surface area contributed by atoms with Gasteiger partial charge in [0.15, 0.2) is 11.3 Å². The van der Waals surface area contributed by atoms with Crippen LogP contribution in [-0.4, -0.2) is 32.1 Å². The lowest BCUT2D eigenvalue weighted by Crippen LogP contribution is -2.34. The molecule has 3 heterocycles. The van der Waals surface area contributed by atoms with Gasteiger partial charge in [0.05, 0.1) is 5.52 Å². The molecule has 0 bridgehead atoms. The van der Waals surface area contributed by atoms with E-state index in [1.165, 1.54) is 0 Å². The third kappa shape index (κ3) is 3.21. The van der Waals surface area contributed by atoms with E-state index >= 15 is 0 Å². The normalized spacial score (nSPS) is 17.0. The van der Waals surface area contributed by atoms with Crippen molar-refractivity contribution in [3.63, 3.8) is 0 Å².